The van der Waals surface area contributed by atoms with Crippen molar-refractivity contribution in [2.75, 3.05) is 16.6 Å². The Bertz CT molecular complexity index is 730. The number of aryl methyl sites for hydroxylation is 3. The molecular weight excluding hydrogens is 292 g/mol. The fraction of sp³-hybridized carbons (Fsp3) is 0.385. The second-order valence-corrected chi connectivity index (χ2v) is 6.32. The Morgan fingerprint density at radius 2 is 1.76 bits per heavy atom. The maximum Gasteiger partial charge on any atom is 0.329 e. The maximum atomic E-state index is 12.5. The van der Waals surface area contributed by atoms with Gasteiger partial charge in [-0.2, -0.15) is 0 Å². The molecule has 0 aliphatic carbocycles. The highest BCUT2D eigenvalue weighted by Gasteiger charge is 2.22. The molecule has 2 rings (SSSR count). The number of nitrogens with zero attached hydrogens (tertiary/aromatic N) is 2. The van der Waals surface area contributed by atoms with Gasteiger partial charge in [-0.25, -0.2) is 13.1 Å². The SMILES string of the molecule is CCNc1cc(C)c(S(=O)(=O)Nc2nnc(C)o2)c(C)c1. The Labute approximate surface area is 123 Å². The van der Waals surface area contributed by atoms with E-state index >= 15 is 0 Å². The summed E-state index contributed by atoms with van der Waals surface area (Å²) in [5, 5.41) is 10.4. The predicted molar refractivity (Wildman–Crippen MR) is 79.9 cm³/mol. The van der Waals surface area contributed by atoms with Crippen molar-refractivity contribution in [1.29, 1.82) is 0 Å². The minimum absolute atomic E-state index is 0.137. The fourth-order valence-electron chi connectivity index (χ4n) is 2.18. The van der Waals surface area contributed by atoms with Gasteiger partial charge in [0.15, 0.2) is 0 Å². The summed E-state index contributed by atoms with van der Waals surface area (Å²) in [4.78, 5) is 0.222. The van der Waals surface area contributed by atoms with Crippen molar-refractivity contribution in [3.05, 3.63) is 29.2 Å². The number of hydrogen-bond donors (Lipinski definition) is 2. The number of anilines is 2. The minimum Gasteiger partial charge on any atom is -0.408 e. The summed E-state index contributed by atoms with van der Waals surface area (Å²) >= 11 is 0. The number of nitrogens with one attached hydrogen (secondary N) is 2. The number of sulfonamides is 1. The molecular formula is C13H18N4O3S. The molecule has 0 unspecified atom stereocenters. The van der Waals surface area contributed by atoms with Gasteiger partial charge in [0.25, 0.3) is 10.0 Å². The lowest BCUT2D eigenvalue weighted by Gasteiger charge is -2.13. The molecule has 1 aromatic heterocycles. The Kier molecular flexibility index (Phi) is 4.17. The number of rotatable bonds is 5. The predicted octanol–water partition coefficient (Wildman–Crippen LogP) is 2.23. The van der Waals surface area contributed by atoms with E-state index in [4.69, 9.17) is 4.42 Å². The second kappa shape index (κ2) is 5.72. The van der Waals surface area contributed by atoms with E-state index in [9.17, 15) is 8.42 Å². The molecule has 21 heavy (non-hydrogen) atoms. The highest BCUT2D eigenvalue weighted by molar-refractivity contribution is 7.92. The van der Waals surface area contributed by atoms with Crippen LogP contribution in [0.3, 0.4) is 0 Å². The van der Waals surface area contributed by atoms with Crippen molar-refractivity contribution in [2.45, 2.75) is 32.6 Å². The molecule has 8 heteroatoms. The molecule has 7 nitrogen and oxygen atoms in total. The van der Waals surface area contributed by atoms with Crippen molar-refractivity contribution in [1.82, 2.24) is 10.2 Å². The van der Waals surface area contributed by atoms with E-state index in [0.29, 0.717) is 17.0 Å². The molecule has 2 aromatic rings. The van der Waals surface area contributed by atoms with Gasteiger partial charge in [-0.05, 0) is 44.0 Å². The van der Waals surface area contributed by atoms with Gasteiger partial charge in [0.1, 0.15) is 0 Å². The van der Waals surface area contributed by atoms with Crippen molar-refractivity contribution in [3.8, 4) is 0 Å². The molecule has 0 amide bonds. The monoisotopic (exact) mass is 310 g/mol. The van der Waals surface area contributed by atoms with Gasteiger partial charge >= 0.3 is 6.01 Å². The molecule has 0 radical (unpaired) electrons. The van der Waals surface area contributed by atoms with E-state index < -0.39 is 10.0 Å². The number of hydrogen-bond acceptors (Lipinski definition) is 6. The fourth-order valence-corrected chi connectivity index (χ4v) is 3.56. The second-order valence-electron chi connectivity index (χ2n) is 4.70. The quantitative estimate of drug-likeness (QED) is 0.879. The average Bonchev–Trinajstić information content (AvgIpc) is 2.72. The molecule has 1 aromatic carbocycles. The molecule has 0 aliphatic heterocycles. The standard InChI is InChI=1S/C13H18N4O3S/c1-5-14-11-6-8(2)12(9(3)7-11)21(18,19)17-13-16-15-10(4)20-13/h6-7,14H,5H2,1-4H3,(H,16,17). The Balaban J connectivity index is 2.40. The van der Waals surface area contributed by atoms with Crippen LogP contribution in [0, 0.1) is 20.8 Å². The van der Waals surface area contributed by atoms with Gasteiger partial charge < -0.3 is 9.73 Å². The van der Waals surface area contributed by atoms with Crippen molar-refractivity contribution in [3.63, 3.8) is 0 Å². The van der Waals surface area contributed by atoms with Crippen molar-refractivity contribution >= 4 is 21.7 Å². The molecule has 0 aliphatic rings. The van der Waals surface area contributed by atoms with Crippen LogP contribution in [-0.4, -0.2) is 25.2 Å². The van der Waals surface area contributed by atoms with E-state index in [1.54, 1.807) is 32.9 Å². The van der Waals surface area contributed by atoms with Gasteiger partial charge in [0.2, 0.25) is 5.89 Å². The van der Waals surface area contributed by atoms with Gasteiger partial charge in [0.05, 0.1) is 4.90 Å². The molecule has 0 saturated carbocycles. The van der Waals surface area contributed by atoms with Crippen LogP contribution in [0.15, 0.2) is 21.4 Å². The van der Waals surface area contributed by atoms with Gasteiger partial charge in [-0.1, -0.05) is 5.10 Å². The summed E-state index contributed by atoms with van der Waals surface area (Å²) in [6.07, 6.45) is 0. The van der Waals surface area contributed by atoms with Crippen LogP contribution in [0.1, 0.15) is 23.9 Å². The first-order chi connectivity index (χ1) is 9.83. The third-order valence-corrected chi connectivity index (χ3v) is 4.48. The van der Waals surface area contributed by atoms with Gasteiger partial charge in [-0.15, -0.1) is 5.10 Å². The molecule has 2 N–H and O–H groups in total. The Hall–Kier alpha value is -2.09. The normalized spacial score (nSPS) is 11.4. The highest BCUT2D eigenvalue weighted by atomic mass is 32.2. The Morgan fingerprint density at radius 3 is 2.24 bits per heavy atom. The third kappa shape index (κ3) is 3.33. The van der Waals surface area contributed by atoms with E-state index in [1.807, 2.05) is 6.92 Å². The molecule has 0 atom stereocenters. The molecule has 1 heterocycles. The summed E-state index contributed by atoms with van der Waals surface area (Å²) in [6, 6.07) is 3.45. The lowest BCUT2D eigenvalue weighted by molar-refractivity contribution is 0.534. The van der Waals surface area contributed by atoms with Crippen LogP contribution in [0.25, 0.3) is 0 Å². The molecule has 0 bridgehead atoms. The van der Waals surface area contributed by atoms with Crippen LogP contribution in [-0.2, 0) is 10.0 Å². The van der Waals surface area contributed by atoms with Crippen LogP contribution in [0.2, 0.25) is 0 Å². The summed E-state index contributed by atoms with van der Waals surface area (Å²) in [5.41, 5.74) is 2.18. The smallest absolute Gasteiger partial charge is 0.329 e. The molecule has 114 valence electrons. The largest absolute Gasteiger partial charge is 0.408 e. The number of aromatic nitrogens is 2. The van der Waals surface area contributed by atoms with Crippen molar-refractivity contribution in [2.24, 2.45) is 0 Å². The Morgan fingerprint density at radius 1 is 1.14 bits per heavy atom. The summed E-state index contributed by atoms with van der Waals surface area (Å²) in [6.45, 7) is 7.84. The lowest BCUT2D eigenvalue weighted by Crippen LogP contribution is -2.16. The topological polar surface area (TPSA) is 97.1 Å². The third-order valence-electron chi connectivity index (χ3n) is 2.86. The van der Waals surface area contributed by atoms with Crippen LogP contribution >= 0.6 is 0 Å². The zero-order chi connectivity index (χ0) is 15.6. The molecule has 0 fully saturated rings. The van der Waals surface area contributed by atoms with E-state index in [1.165, 1.54) is 0 Å². The van der Waals surface area contributed by atoms with Crippen LogP contribution in [0.5, 0.6) is 0 Å². The highest BCUT2D eigenvalue weighted by Crippen LogP contribution is 2.26. The summed E-state index contributed by atoms with van der Waals surface area (Å²) < 4.78 is 32.3. The van der Waals surface area contributed by atoms with Gasteiger partial charge in [0, 0.05) is 19.2 Å². The maximum absolute atomic E-state index is 12.5. The zero-order valence-electron chi connectivity index (χ0n) is 12.4. The van der Waals surface area contributed by atoms with Crippen LogP contribution < -0.4 is 10.0 Å². The molecule has 0 spiro atoms. The first-order valence-electron chi connectivity index (χ1n) is 6.51. The summed E-state index contributed by atoms with van der Waals surface area (Å²) in [5.74, 6) is 0.295. The lowest BCUT2D eigenvalue weighted by atomic mass is 10.1. The summed E-state index contributed by atoms with van der Waals surface area (Å²) in [7, 11) is -3.77. The van der Waals surface area contributed by atoms with Crippen LogP contribution in [0.4, 0.5) is 11.7 Å². The zero-order valence-corrected chi connectivity index (χ0v) is 13.2. The van der Waals surface area contributed by atoms with Crippen molar-refractivity contribution < 1.29 is 12.8 Å². The van der Waals surface area contributed by atoms with E-state index in [2.05, 4.69) is 20.2 Å². The molecule has 0 saturated heterocycles. The first kappa shape index (κ1) is 15.3. The minimum atomic E-state index is -3.77. The average molecular weight is 310 g/mol. The number of benzene rings is 1. The van der Waals surface area contributed by atoms with E-state index in [-0.39, 0.29) is 10.9 Å². The van der Waals surface area contributed by atoms with E-state index in [0.717, 1.165) is 12.2 Å². The van der Waals surface area contributed by atoms with Gasteiger partial charge in [-0.3, -0.25) is 0 Å². The first-order valence-corrected chi connectivity index (χ1v) is 8.00.